The second-order valence-corrected chi connectivity index (χ2v) is 7.04. The third kappa shape index (κ3) is 4.75. The van der Waals surface area contributed by atoms with Crippen molar-refractivity contribution in [1.29, 1.82) is 0 Å². The lowest BCUT2D eigenvalue weighted by molar-refractivity contribution is 0.271. The molecule has 30 heavy (non-hydrogen) atoms. The number of ether oxygens (including phenoxy) is 2. The first-order valence-electron chi connectivity index (χ1n) is 9.83. The van der Waals surface area contributed by atoms with Crippen molar-refractivity contribution in [2.45, 2.75) is 6.92 Å². The van der Waals surface area contributed by atoms with Gasteiger partial charge in [-0.1, -0.05) is 31.2 Å². The molecule has 1 aliphatic rings. The van der Waals surface area contributed by atoms with E-state index >= 15 is 0 Å². The fraction of sp³-hybridized carbons (Fsp3) is 0.348. The van der Waals surface area contributed by atoms with Gasteiger partial charge in [-0.05, 0) is 36.2 Å². The van der Waals surface area contributed by atoms with Crippen LogP contribution in [0.5, 0.6) is 11.5 Å². The molecular weight excluding hydrogens is 421 g/mol. The molecule has 1 saturated heterocycles. The number of methoxy groups -OCH3 is 2. The molecule has 162 valence electrons. The molecule has 0 N–H and O–H groups in total. The lowest BCUT2D eigenvalue weighted by Crippen LogP contribution is -2.46. The number of benzene rings is 2. The van der Waals surface area contributed by atoms with Crippen LogP contribution in [0, 0.1) is 0 Å². The summed E-state index contributed by atoms with van der Waals surface area (Å²) >= 11 is 0. The molecule has 3 aromatic rings. The topological polar surface area (TPSA) is 37.8 Å². The molecule has 2 aromatic carbocycles. The van der Waals surface area contributed by atoms with E-state index in [1.807, 2.05) is 18.2 Å². The molecule has 0 bridgehead atoms. The zero-order valence-electron chi connectivity index (χ0n) is 17.6. The number of pyridine rings is 1. The molecule has 0 spiro atoms. The Balaban J connectivity index is 0.00000160. The smallest absolute Gasteiger partial charge is 0.137 e. The molecule has 0 amide bonds. The minimum atomic E-state index is 0. The number of hydrogen-bond acceptors (Lipinski definition) is 5. The van der Waals surface area contributed by atoms with Crippen LogP contribution < -0.4 is 14.4 Å². The lowest BCUT2D eigenvalue weighted by atomic mass is 10.0. The third-order valence-corrected chi connectivity index (χ3v) is 5.52. The first-order valence-corrected chi connectivity index (χ1v) is 9.83. The Morgan fingerprint density at radius 1 is 0.900 bits per heavy atom. The zero-order chi connectivity index (χ0) is 19.5. The van der Waals surface area contributed by atoms with Crippen molar-refractivity contribution in [2.24, 2.45) is 0 Å². The normalized spacial score (nSPS) is 14.0. The maximum absolute atomic E-state index is 5.61. The third-order valence-electron chi connectivity index (χ3n) is 5.52. The largest absolute Gasteiger partial charge is 0.497 e. The van der Waals surface area contributed by atoms with Gasteiger partial charge in [0.25, 0.3) is 0 Å². The van der Waals surface area contributed by atoms with Gasteiger partial charge in [-0.15, -0.1) is 24.8 Å². The Morgan fingerprint density at radius 3 is 2.30 bits per heavy atom. The predicted molar refractivity (Wildman–Crippen MR) is 129 cm³/mol. The molecule has 0 atom stereocenters. The first-order chi connectivity index (χ1) is 13.7. The number of fused-ring (bicyclic) bond motifs is 1. The number of hydrogen-bond donors (Lipinski definition) is 0. The van der Waals surface area contributed by atoms with E-state index in [4.69, 9.17) is 14.5 Å². The highest BCUT2D eigenvalue weighted by molar-refractivity contribution is 5.95. The summed E-state index contributed by atoms with van der Waals surface area (Å²) in [5.74, 6) is 2.64. The van der Waals surface area contributed by atoms with E-state index in [0.717, 1.165) is 61.3 Å². The van der Waals surface area contributed by atoms with Crippen molar-refractivity contribution >= 4 is 41.4 Å². The summed E-state index contributed by atoms with van der Waals surface area (Å²) in [5.41, 5.74) is 1.85. The second-order valence-electron chi connectivity index (χ2n) is 7.04. The van der Waals surface area contributed by atoms with E-state index in [9.17, 15) is 0 Å². The minimum Gasteiger partial charge on any atom is -0.497 e. The van der Waals surface area contributed by atoms with Gasteiger partial charge in [-0.2, -0.15) is 0 Å². The molecule has 2 heterocycles. The van der Waals surface area contributed by atoms with Crippen LogP contribution in [0.4, 0.5) is 5.82 Å². The van der Waals surface area contributed by atoms with Gasteiger partial charge < -0.3 is 19.3 Å². The van der Waals surface area contributed by atoms with Crippen molar-refractivity contribution in [2.75, 3.05) is 51.8 Å². The van der Waals surface area contributed by atoms with Crippen LogP contribution in [0.15, 0.2) is 48.5 Å². The molecule has 0 radical (unpaired) electrons. The number of aromatic nitrogens is 1. The number of piperazine rings is 1. The Kier molecular flexibility index (Phi) is 8.59. The van der Waals surface area contributed by atoms with Crippen LogP contribution in [-0.4, -0.2) is 56.8 Å². The van der Waals surface area contributed by atoms with Gasteiger partial charge in [0.2, 0.25) is 0 Å². The predicted octanol–water partition coefficient (Wildman–Crippen LogP) is 4.90. The van der Waals surface area contributed by atoms with E-state index in [1.54, 1.807) is 14.2 Å². The van der Waals surface area contributed by atoms with Crippen molar-refractivity contribution < 1.29 is 9.47 Å². The van der Waals surface area contributed by atoms with Crippen molar-refractivity contribution in [1.82, 2.24) is 9.88 Å². The van der Waals surface area contributed by atoms with Crippen molar-refractivity contribution in [3.63, 3.8) is 0 Å². The number of halogens is 2. The average molecular weight is 450 g/mol. The highest BCUT2D eigenvalue weighted by Gasteiger charge is 2.20. The van der Waals surface area contributed by atoms with Crippen molar-refractivity contribution in [3.05, 3.63) is 48.5 Å². The minimum absolute atomic E-state index is 0. The molecule has 0 saturated carbocycles. The fourth-order valence-electron chi connectivity index (χ4n) is 3.85. The Hall–Kier alpha value is -2.21. The van der Waals surface area contributed by atoms with Crippen LogP contribution in [0.25, 0.3) is 22.0 Å². The maximum atomic E-state index is 5.61. The van der Waals surface area contributed by atoms with Crippen LogP contribution in [0.1, 0.15) is 6.92 Å². The van der Waals surface area contributed by atoms with Gasteiger partial charge in [0, 0.05) is 37.1 Å². The van der Waals surface area contributed by atoms with Gasteiger partial charge in [-0.3, -0.25) is 0 Å². The van der Waals surface area contributed by atoms with E-state index in [1.165, 1.54) is 10.8 Å². The molecule has 7 heteroatoms. The van der Waals surface area contributed by atoms with Crippen molar-refractivity contribution in [3.8, 4) is 22.8 Å². The molecule has 0 unspecified atom stereocenters. The van der Waals surface area contributed by atoms with Crippen LogP contribution in [0.3, 0.4) is 0 Å². The van der Waals surface area contributed by atoms with Gasteiger partial charge >= 0.3 is 0 Å². The molecule has 1 aliphatic heterocycles. The zero-order valence-corrected chi connectivity index (χ0v) is 19.3. The van der Waals surface area contributed by atoms with E-state index in [2.05, 4.69) is 47.1 Å². The summed E-state index contributed by atoms with van der Waals surface area (Å²) in [7, 11) is 3.37. The lowest BCUT2D eigenvalue weighted by Gasteiger charge is -2.35. The Morgan fingerprint density at radius 2 is 1.63 bits per heavy atom. The van der Waals surface area contributed by atoms with Crippen LogP contribution in [0.2, 0.25) is 0 Å². The maximum Gasteiger partial charge on any atom is 0.137 e. The molecule has 4 rings (SSSR count). The van der Waals surface area contributed by atoms with Gasteiger partial charge in [0.1, 0.15) is 17.3 Å². The summed E-state index contributed by atoms with van der Waals surface area (Å²) in [6, 6.07) is 16.5. The summed E-state index contributed by atoms with van der Waals surface area (Å²) < 4.78 is 11.0. The summed E-state index contributed by atoms with van der Waals surface area (Å²) in [6.07, 6.45) is 0. The van der Waals surface area contributed by atoms with Gasteiger partial charge in [0.15, 0.2) is 0 Å². The highest BCUT2D eigenvalue weighted by Crippen LogP contribution is 2.36. The summed E-state index contributed by atoms with van der Waals surface area (Å²) in [5, 5.41) is 2.38. The van der Waals surface area contributed by atoms with E-state index < -0.39 is 0 Å². The first kappa shape index (κ1) is 24.1. The molecule has 1 aromatic heterocycles. The Bertz CT molecular complexity index is 976. The van der Waals surface area contributed by atoms with Gasteiger partial charge in [-0.25, -0.2) is 4.98 Å². The van der Waals surface area contributed by atoms with Crippen LogP contribution >= 0.6 is 24.8 Å². The Labute approximate surface area is 190 Å². The molecular formula is C23H29Cl2N3O2. The number of rotatable bonds is 5. The molecule has 0 aliphatic carbocycles. The SMILES string of the molecule is CCN1CCN(c2nc(-c3cc(OC)ccc3OC)cc3ccccc23)CC1.Cl.Cl. The number of nitrogens with zero attached hydrogens (tertiary/aromatic N) is 3. The highest BCUT2D eigenvalue weighted by atomic mass is 35.5. The summed E-state index contributed by atoms with van der Waals surface area (Å²) in [6.45, 7) is 7.44. The number of anilines is 1. The van der Waals surface area contributed by atoms with Gasteiger partial charge in [0.05, 0.1) is 19.9 Å². The monoisotopic (exact) mass is 449 g/mol. The quantitative estimate of drug-likeness (QED) is 0.553. The van der Waals surface area contributed by atoms with E-state index in [-0.39, 0.29) is 24.8 Å². The fourth-order valence-corrected chi connectivity index (χ4v) is 3.85. The van der Waals surface area contributed by atoms with E-state index in [0.29, 0.717) is 0 Å². The van der Waals surface area contributed by atoms with Crippen LogP contribution in [-0.2, 0) is 0 Å². The average Bonchev–Trinajstić information content (AvgIpc) is 2.78. The molecule has 1 fully saturated rings. The number of likely N-dealkylation sites (N-methyl/N-ethyl adjacent to an activating group) is 1. The molecule has 5 nitrogen and oxygen atoms in total. The second kappa shape index (κ2) is 10.7. The summed E-state index contributed by atoms with van der Waals surface area (Å²) in [4.78, 5) is 9.99. The standard InChI is InChI=1S/C23H27N3O2.2ClH/c1-4-25-11-13-26(14-12-25)23-19-8-6-5-7-17(19)15-21(24-23)20-16-18(27-2)9-10-22(20)28-3;;/h5-10,15-16H,4,11-14H2,1-3H3;2*1H.